The normalized spacial score (nSPS) is 14.8. The molecule has 0 bridgehead atoms. The number of hydrogen-bond acceptors (Lipinski definition) is 6. The molecule has 0 saturated carbocycles. The van der Waals surface area contributed by atoms with E-state index >= 15 is 0 Å². The third-order valence-electron chi connectivity index (χ3n) is 4.50. The van der Waals surface area contributed by atoms with Gasteiger partial charge in [0.2, 0.25) is 0 Å². The van der Waals surface area contributed by atoms with Crippen molar-refractivity contribution in [3.63, 3.8) is 0 Å². The third-order valence-corrected chi connectivity index (χ3v) is 4.50. The summed E-state index contributed by atoms with van der Waals surface area (Å²) >= 11 is 0. The largest absolute Gasteiger partial charge is 0.418 e. The Bertz CT molecular complexity index is 897. The zero-order valence-corrected chi connectivity index (χ0v) is 14.4. The van der Waals surface area contributed by atoms with Crippen molar-refractivity contribution in [3.05, 3.63) is 68.3 Å². The zero-order valence-electron chi connectivity index (χ0n) is 14.4. The highest BCUT2D eigenvalue weighted by atomic mass is 19.4. The summed E-state index contributed by atoms with van der Waals surface area (Å²) in [6.07, 6.45) is -4.97. The van der Waals surface area contributed by atoms with E-state index in [2.05, 4.69) is 0 Å². The predicted molar refractivity (Wildman–Crippen MR) is 95.6 cm³/mol. The summed E-state index contributed by atoms with van der Waals surface area (Å²) in [4.78, 5) is 23.5. The second-order valence-electron chi connectivity index (χ2n) is 6.18. The molecule has 3 rings (SSSR count). The smallest absolute Gasteiger partial charge is 0.368 e. The van der Waals surface area contributed by atoms with Crippen LogP contribution in [0, 0.1) is 20.2 Å². The number of piperazine rings is 1. The van der Waals surface area contributed by atoms with Crippen molar-refractivity contribution in [1.82, 2.24) is 0 Å². The van der Waals surface area contributed by atoms with Crippen LogP contribution in [0.2, 0.25) is 0 Å². The number of hydrogen-bond donors (Lipinski definition) is 0. The van der Waals surface area contributed by atoms with Gasteiger partial charge in [0.25, 0.3) is 11.4 Å². The van der Waals surface area contributed by atoms with Crippen molar-refractivity contribution in [2.24, 2.45) is 0 Å². The number of rotatable bonds is 4. The van der Waals surface area contributed by atoms with Crippen molar-refractivity contribution in [1.29, 1.82) is 0 Å². The van der Waals surface area contributed by atoms with Crippen LogP contribution < -0.4 is 9.80 Å². The summed E-state index contributed by atoms with van der Waals surface area (Å²) in [6, 6.07) is 10.2. The SMILES string of the molecule is O=[N+]([O-])c1cc([N+](=O)[O-])c(N2CCN(c3ccccc3)CC2)c(C(F)(F)F)c1. The first-order valence-electron chi connectivity index (χ1n) is 8.27. The number of halogens is 3. The molecule has 1 aliphatic heterocycles. The lowest BCUT2D eigenvalue weighted by atomic mass is 10.1. The van der Waals surface area contributed by atoms with Crippen LogP contribution in [-0.2, 0) is 6.18 Å². The number of alkyl halides is 3. The predicted octanol–water partition coefficient (Wildman–Crippen LogP) is 3.85. The Balaban J connectivity index is 1.99. The molecular formula is C17H15F3N4O4. The molecule has 11 heteroatoms. The van der Waals surface area contributed by atoms with E-state index in [9.17, 15) is 33.4 Å². The molecule has 148 valence electrons. The van der Waals surface area contributed by atoms with Crippen LogP contribution in [0.15, 0.2) is 42.5 Å². The van der Waals surface area contributed by atoms with E-state index in [1.165, 1.54) is 4.90 Å². The molecule has 0 spiro atoms. The number of para-hydroxylation sites is 1. The van der Waals surface area contributed by atoms with Gasteiger partial charge in [-0.2, -0.15) is 13.2 Å². The van der Waals surface area contributed by atoms with E-state index in [1.54, 1.807) is 0 Å². The minimum Gasteiger partial charge on any atom is -0.368 e. The molecule has 0 atom stereocenters. The Hall–Kier alpha value is -3.37. The van der Waals surface area contributed by atoms with Crippen molar-refractivity contribution >= 4 is 22.7 Å². The van der Waals surface area contributed by atoms with Crippen LogP contribution in [-0.4, -0.2) is 36.0 Å². The summed E-state index contributed by atoms with van der Waals surface area (Å²) < 4.78 is 40.6. The Morgan fingerprint density at radius 3 is 1.93 bits per heavy atom. The van der Waals surface area contributed by atoms with Crippen LogP contribution in [0.3, 0.4) is 0 Å². The van der Waals surface area contributed by atoms with E-state index in [-0.39, 0.29) is 13.1 Å². The second kappa shape index (κ2) is 7.33. The highest BCUT2D eigenvalue weighted by molar-refractivity contribution is 5.73. The molecule has 8 nitrogen and oxygen atoms in total. The van der Waals surface area contributed by atoms with Crippen molar-refractivity contribution < 1.29 is 23.0 Å². The number of anilines is 2. The zero-order chi connectivity index (χ0) is 20.5. The average Bonchev–Trinajstić information content (AvgIpc) is 2.67. The van der Waals surface area contributed by atoms with Gasteiger partial charge >= 0.3 is 6.18 Å². The molecule has 1 saturated heterocycles. The lowest BCUT2D eigenvalue weighted by molar-refractivity contribution is -0.394. The molecular weight excluding hydrogens is 381 g/mol. The Kier molecular flexibility index (Phi) is 5.08. The molecule has 2 aromatic rings. The van der Waals surface area contributed by atoms with E-state index < -0.39 is 38.6 Å². The van der Waals surface area contributed by atoms with Gasteiger partial charge in [-0.25, -0.2) is 0 Å². The molecule has 0 N–H and O–H groups in total. The minimum atomic E-state index is -4.97. The summed E-state index contributed by atoms with van der Waals surface area (Å²) in [5, 5.41) is 22.3. The molecule has 28 heavy (non-hydrogen) atoms. The maximum Gasteiger partial charge on any atom is 0.418 e. The number of benzene rings is 2. The Labute approximate surface area is 157 Å². The van der Waals surface area contributed by atoms with E-state index in [1.807, 2.05) is 35.2 Å². The molecule has 1 fully saturated rings. The fraction of sp³-hybridized carbons (Fsp3) is 0.294. The van der Waals surface area contributed by atoms with Gasteiger partial charge in [-0.3, -0.25) is 20.2 Å². The molecule has 1 aliphatic rings. The number of non-ortho nitro benzene ring substituents is 1. The topological polar surface area (TPSA) is 92.8 Å². The molecule has 0 radical (unpaired) electrons. The third kappa shape index (κ3) is 3.82. The van der Waals surface area contributed by atoms with Crippen molar-refractivity contribution in [3.8, 4) is 0 Å². The fourth-order valence-corrected chi connectivity index (χ4v) is 3.22. The first-order valence-corrected chi connectivity index (χ1v) is 8.27. The van der Waals surface area contributed by atoms with E-state index in [0.29, 0.717) is 25.2 Å². The number of nitro benzene ring substituents is 2. The van der Waals surface area contributed by atoms with Gasteiger partial charge in [-0.15, -0.1) is 0 Å². The molecule has 0 amide bonds. The molecule has 0 aliphatic carbocycles. The van der Waals surface area contributed by atoms with Gasteiger partial charge in [0.05, 0.1) is 21.5 Å². The van der Waals surface area contributed by atoms with Gasteiger partial charge in [0.1, 0.15) is 5.69 Å². The van der Waals surface area contributed by atoms with E-state index in [0.717, 1.165) is 5.69 Å². The average molecular weight is 396 g/mol. The molecule has 0 aromatic heterocycles. The second-order valence-corrected chi connectivity index (χ2v) is 6.18. The first kappa shape index (κ1) is 19.4. The summed E-state index contributed by atoms with van der Waals surface area (Å²) in [5.41, 5.74) is -2.99. The standard InChI is InChI=1S/C17H15F3N4O4/c18-17(19,20)14-10-13(23(25)26)11-15(24(27)28)16(14)22-8-6-21(7-9-22)12-4-2-1-3-5-12/h1-5,10-11H,6-9H2. The Morgan fingerprint density at radius 2 is 1.43 bits per heavy atom. The first-order chi connectivity index (χ1) is 13.2. The maximum absolute atomic E-state index is 13.5. The lowest BCUT2D eigenvalue weighted by Gasteiger charge is -2.37. The summed E-state index contributed by atoms with van der Waals surface area (Å²) in [7, 11) is 0. The van der Waals surface area contributed by atoms with Gasteiger partial charge in [-0.05, 0) is 12.1 Å². The summed E-state index contributed by atoms with van der Waals surface area (Å²) in [5.74, 6) is 0. The van der Waals surface area contributed by atoms with Gasteiger partial charge in [-0.1, -0.05) is 18.2 Å². The van der Waals surface area contributed by atoms with Crippen LogP contribution in [0.1, 0.15) is 5.56 Å². The van der Waals surface area contributed by atoms with Crippen LogP contribution in [0.4, 0.5) is 35.9 Å². The highest BCUT2D eigenvalue weighted by Gasteiger charge is 2.41. The number of nitro groups is 2. The number of nitrogens with zero attached hydrogens (tertiary/aromatic N) is 4. The van der Waals surface area contributed by atoms with Crippen LogP contribution in [0.5, 0.6) is 0 Å². The van der Waals surface area contributed by atoms with Gasteiger partial charge < -0.3 is 9.80 Å². The van der Waals surface area contributed by atoms with Crippen LogP contribution in [0.25, 0.3) is 0 Å². The molecule has 0 unspecified atom stereocenters. The quantitative estimate of drug-likeness (QED) is 0.576. The van der Waals surface area contributed by atoms with Crippen molar-refractivity contribution in [2.45, 2.75) is 6.18 Å². The summed E-state index contributed by atoms with van der Waals surface area (Å²) in [6.45, 7) is 0.929. The minimum absolute atomic E-state index is 0.108. The monoisotopic (exact) mass is 396 g/mol. The Morgan fingerprint density at radius 1 is 0.857 bits per heavy atom. The molecule has 1 heterocycles. The fourth-order valence-electron chi connectivity index (χ4n) is 3.22. The van der Waals surface area contributed by atoms with E-state index in [4.69, 9.17) is 0 Å². The van der Waals surface area contributed by atoms with Gasteiger partial charge in [0, 0.05) is 37.9 Å². The lowest BCUT2D eigenvalue weighted by Crippen LogP contribution is -2.47. The van der Waals surface area contributed by atoms with Crippen LogP contribution >= 0.6 is 0 Å². The van der Waals surface area contributed by atoms with Gasteiger partial charge in [0.15, 0.2) is 0 Å². The molecule has 2 aromatic carbocycles. The maximum atomic E-state index is 13.5. The highest BCUT2D eigenvalue weighted by Crippen LogP contribution is 2.44. The van der Waals surface area contributed by atoms with Crippen molar-refractivity contribution in [2.75, 3.05) is 36.0 Å².